The first kappa shape index (κ1) is 28.3. The molecule has 0 saturated carbocycles. The van der Waals surface area contributed by atoms with Crippen molar-refractivity contribution in [3.8, 4) is 0 Å². The number of carboxylic acid groups (broad SMARTS) is 2. The number of aromatic nitrogens is 5. The fraction of sp³-hybridized carbons (Fsp3) is 0.350. The zero-order chi connectivity index (χ0) is 26.9. The monoisotopic (exact) mass is 522 g/mol. The van der Waals surface area contributed by atoms with Crippen molar-refractivity contribution >= 4 is 11.9 Å². The molecule has 1 aliphatic rings. The lowest BCUT2D eigenvalue weighted by Crippen LogP contribution is -2.33. The zero-order valence-corrected chi connectivity index (χ0v) is 18.3. The zero-order valence-electron chi connectivity index (χ0n) is 18.3. The molecule has 0 spiro atoms. The molecule has 0 aromatic carbocycles. The molecule has 0 atom stereocenters. The highest BCUT2D eigenvalue weighted by molar-refractivity contribution is 5.73. The molecule has 3 aromatic rings. The molecular formula is C20H20F6N6O4. The van der Waals surface area contributed by atoms with Gasteiger partial charge in [-0.2, -0.15) is 31.4 Å². The van der Waals surface area contributed by atoms with E-state index in [-0.39, 0.29) is 0 Å². The van der Waals surface area contributed by atoms with Crippen LogP contribution in [0.1, 0.15) is 17.2 Å². The van der Waals surface area contributed by atoms with Gasteiger partial charge in [0.25, 0.3) is 0 Å². The highest BCUT2D eigenvalue weighted by atomic mass is 19.4. The van der Waals surface area contributed by atoms with Crippen LogP contribution in [0, 0.1) is 0 Å². The fourth-order valence-corrected chi connectivity index (χ4v) is 2.85. The predicted octanol–water partition coefficient (Wildman–Crippen LogP) is 2.81. The number of nitrogens with zero attached hydrogens (tertiary/aromatic N) is 6. The van der Waals surface area contributed by atoms with E-state index in [9.17, 15) is 26.3 Å². The van der Waals surface area contributed by atoms with Crippen LogP contribution < -0.4 is 0 Å². The van der Waals surface area contributed by atoms with Gasteiger partial charge < -0.3 is 14.8 Å². The van der Waals surface area contributed by atoms with Gasteiger partial charge in [-0.25, -0.2) is 14.6 Å². The molecule has 3 aromatic heterocycles. The summed E-state index contributed by atoms with van der Waals surface area (Å²) in [7, 11) is 0. The Morgan fingerprint density at radius 1 is 0.889 bits per heavy atom. The highest BCUT2D eigenvalue weighted by Crippen LogP contribution is 2.16. The third-order valence-corrected chi connectivity index (χ3v) is 4.41. The van der Waals surface area contributed by atoms with Gasteiger partial charge in [0, 0.05) is 44.4 Å². The Bertz CT molecular complexity index is 1090. The molecule has 0 radical (unpaired) electrons. The minimum absolute atomic E-state index is 0.729. The second kappa shape index (κ2) is 12.1. The summed E-state index contributed by atoms with van der Waals surface area (Å²) < 4.78 is 67.6. The van der Waals surface area contributed by atoms with Gasteiger partial charge in [-0.15, -0.1) is 0 Å². The van der Waals surface area contributed by atoms with Crippen LogP contribution in [0.3, 0.4) is 0 Å². The number of alkyl halides is 6. The molecule has 2 N–H and O–H groups in total. The summed E-state index contributed by atoms with van der Waals surface area (Å²) in [5.41, 5.74) is 2.18. The van der Waals surface area contributed by atoms with E-state index >= 15 is 0 Å². The molecule has 36 heavy (non-hydrogen) atoms. The molecule has 0 amide bonds. The normalized spacial score (nSPS) is 13.5. The Balaban J connectivity index is 0.000000271. The molecular weight excluding hydrogens is 502 g/mol. The van der Waals surface area contributed by atoms with Crippen LogP contribution in [0.15, 0.2) is 49.1 Å². The van der Waals surface area contributed by atoms with E-state index in [2.05, 4.69) is 31.8 Å². The standard InChI is InChI=1S/C16H18N6.2C2HF3O2/c1-2-5-17-14(4-1)10-20-8-9-21-11-15(19-16(21)13-20)12-22-7-3-6-18-22;2*3-2(4,5)1(6)7/h1-7,11H,8-10,12-13H2;2*(H,6,7). The van der Waals surface area contributed by atoms with Crippen LogP contribution in [0.5, 0.6) is 0 Å². The van der Waals surface area contributed by atoms with Crippen LogP contribution >= 0.6 is 0 Å². The number of hydrogen-bond acceptors (Lipinski definition) is 6. The number of hydrogen-bond donors (Lipinski definition) is 2. The number of aliphatic carboxylic acids is 2. The van der Waals surface area contributed by atoms with Gasteiger partial charge in [0.2, 0.25) is 0 Å². The maximum absolute atomic E-state index is 10.6. The van der Waals surface area contributed by atoms with E-state index in [1.807, 2.05) is 35.3 Å². The van der Waals surface area contributed by atoms with E-state index in [0.717, 1.165) is 49.9 Å². The average Bonchev–Trinajstić information content (AvgIpc) is 3.43. The summed E-state index contributed by atoms with van der Waals surface area (Å²) in [6.07, 6.45) is -2.41. The van der Waals surface area contributed by atoms with Crippen molar-refractivity contribution in [3.63, 3.8) is 0 Å². The lowest BCUT2D eigenvalue weighted by molar-refractivity contribution is -0.193. The van der Waals surface area contributed by atoms with Gasteiger partial charge in [0.1, 0.15) is 5.82 Å². The smallest absolute Gasteiger partial charge is 0.475 e. The quantitative estimate of drug-likeness (QED) is 0.501. The van der Waals surface area contributed by atoms with Crippen LogP contribution in [-0.2, 0) is 35.8 Å². The van der Waals surface area contributed by atoms with E-state index in [4.69, 9.17) is 24.8 Å². The van der Waals surface area contributed by atoms with Crippen molar-refractivity contribution in [2.75, 3.05) is 6.54 Å². The number of fused-ring (bicyclic) bond motifs is 1. The third kappa shape index (κ3) is 9.36. The summed E-state index contributed by atoms with van der Waals surface area (Å²) in [5.74, 6) is -4.38. The summed E-state index contributed by atoms with van der Waals surface area (Å²) in [6.45, 7) is 4.49. The predicted molar refractivity (Wildman–Crippen MR) is 109 cm³/mol. The van der Waals surface area contributed by atoms with E-state index in [0.29, 0.717) is 0 Å². The first-order chi connectivity index (χ1) is 16.8. The van der Waals surface area contributed by atoms with Gasteiger partial charge in [-0.1, -0.05) is 6.07 Å². The summed E-state index contributed by atoms with van der Waals surface area (Å²) >= 11 is 0. The number of pyridine rings is 1. The van der Waals surface area contributed by atoms with Crippen molar-refractivity contribution in [2.45, 2.75) is 38.5 Å². The molecule has 10 nitrogen and oxygen atoms in total. The summed E-state index contributed by atoms with van der Waals surface area (Å²) in [6, 6.07) is 8.00. The van der Waals surface area contributed by atoms with Gasteiger partial charge in [0.05, 0.1) is 24.5 Å². The van der Waals surface area contributed by atoms with Crippen LogP contribution in [-0.4, -0.2) is 70.3 Å². The van der Waals surface area contributed by atoms with Gasteiger partial charge in [0.15, 0.2) is 0 Å². The fourth-order valence-electron chi connectivity index (χ4n) is 2.85. The van der Waals surface area contributed by atoms with E-state index < -0.39 is 24.3 Å². The molecule has 1 aliphatic heterocycles. The topological polar surface area (TPSA) is 126 Å². The number of carboxylic acids is 2. The van der Waals surface area contributed by atoms with Crippen LogP contribution in [0.4, 0.5) is 26.3 Å². The lowest BCUT2D eigenvalue weighted by atomic mass is 10.3. The van der Waals surface area contributed by atoms with E-state index in [1.165, 1.54) is 0 Å². The highest BCUT2D eigenvalue weighted by Gasteiger charge is 2.38. The Hall–Kier alpha value is -3.95. The molecule has 0 saturated heterocycles. The number of halogens is 6. The number of imidazole rings is 1. The van der Waals surface area contributed by atoms with Crippen molar-refractivity contribution in [3.05, 3.63) is 66.3 Å². The molecule has 0 aliphatic carbocycles. The SMILES string of the molecule is O=C(O)C(F)(F)F.O=C(O)C(F)(F)F.c1ccc(CN2CCn3cc(Cn4cccn4)nc3C2)nc1. The second-order valence-corrected chi connectivity index (χ2v) is 7.18. The maximum Gasteiger partial charge on any atom is 0.490 e. The molecule has 16 heteroatoms. The van der Waals surface area contributed by atoms with Gasteiger partial charge in [-0.05, 0) is 18.2 Å². The first-order valence-electron chi connectivity index (χ1n) is 10.0. The van der Waals surface area contributed by atoms with Crippen LogP contribution in [0.25, 0.3) is 0 Å². The maximum atomic E-state index is 10.6. The average molecular weight is 522 g/mol. The Morgan fingerprint density at radius 2 is 1.53 bits per heavy atom. The molecule has 0 unspecified atom stereocenters. The largest absolute Gasteiger partial charge is 0.490 e. The van der Waals surface area contributed by atoms with Crippen molar-refractivity contribution in [2.24, 2.45) is 0 Å². The second-order valence-electron chi connectivity index (χ2n) is 7.18. The van der Waals surface area contributed by atoms with Crippen LogP contribution in [0.2, 0.25) is 0 Å². The minimum Gasteiger partial charge on any atom is -0.475 e. The summed E-state index contributed by atoms with van der Waals surface area (Å²) in [5, 5.41) is 18.5. The Kier molecular flexibility index (Phi) is 9.54. The molecule has 0 fully saturated rings. The van der Waals surface area contributed by atoms with Crippen molar-refractivity contribution in [1.82, 2.24) is 29.2 Å². The lowest BCUT2D eigenvalue weighted by Gasteiger charge is -2.27. The number of rotatable bonds is 4. The minimum atomic E-state index is -5.08. The molecule has 196 valence electrons. The third-order valence-electron chi connectivity index (χ3n) is 4.41. The summed E-state index contributed by atoms with van der Waals surface area (Å²) in [4.78, 5) is 29.3. The molecule has 0 bridgehead atoms. The van der Waals surface area contributed by atoms with Gasteiger partial charge in [-0.3, -0.25) is 14.6 Å². The first-order valence-corrected chi connectivity index (χ1v) is 10.0. The van der Waals surface area contributed by atoms with Gasteiger partial charge >= 0.3 is 24.3 Å². The van der Waals surface area contributed by atoms with Crippen molar-refractivity contribution < 1.29 is 46.1 Å². The van der Waals surface area contributed by atoms with Crippen molar-refractivity contribution in [1.29, 1.82) is 0 Å². The molecule has 4 rings (SSSR count). The van der Waals surface area contributed by atoms with E-state index in [1.54, 1.807) is 6.20 Å². The molecule has 4 heterocycles. The Labute approximate surface area is 199 Å². The number of carbonyl (C=O) groups is 2. The Morgan fingerprint density at radius 3 is 2.03 bits per heavy atom.